The molecule has 0 aromatic heterocycles. The Morgan fingerprint density at radius 3 is 2.38 bits per heavy atom. The molecular weight excluding hydrogens is 260 g/mol. The number of carbonyl (C=O) groups is 1. The number of amides is 1. The van der Waals surface area contributed by atoms with Gasteiger partial charge in [0.1, 0.15) is 0 Å². The molecule has 1 amide bonds. The number of rotatable bonds is 6. The minimum Gasteiger partial charge on any atom is -0.385 e. The van der Waals surface area contributed by atoms with Crippen LogP contribution in [0.15, 0.2) is 24.3 Å². The SMILES string of the molecule is O=C(NC1CC1)c1ccc(NCCC2CCCCC2)cc1. The lowest BCUT2D eigenvalue weighted by molar-refractivity contribution is 0.0951. The van der Waals surface area contributed by atoms with Crippen LogP contribution in [0.4, 0.5) is 5.69 Å². The van der Waals surface area contributed by atoms with E-state index in [2.05, 4.69) is 10.6 Å². The molecule has 3 nitrogen and oxygen atoms in total. The average molecular weight is 286 g/mol. The van der Waals surface area contributed by atoms with Gasteiger partial charge in [-0.25, -0.2) is 0 Å². The first-order chi connectivity index (χ1) is 10.3. The van der Waals surface area contributed by atoms with E-state index in [-0.39, 0.29) is 5.91 Å². The van der Waals surface area contributed by atoms with Crippen LogP contribution in [0.25, 0.3) is 0 Å². The van der Waals surface area contributed by atoms with Crippen molar-refractivity contribution in [2.24, 2.45) is 5.92 Å². The summed E-state index contributed by atoms with van der Waals surface area (Å²) in [4.78, 5) is 11.9. The van der Waals surface area contributed by atoms with Gasteiger partial charge in [0.2, 0.25) is 0 Å². The largest absolute Gasteiger partial charge is 0.385 e. The molecule has 1 aromatic carbocycles. The molecule has 3 rings (SSSR count). The molecule has 0 aliphatic heterocycles. The number of benzene rings is 1. The zero-order valence-electron chi connectivity index (χ0n) is 12.7. The van der Waals surface area contributed by atoms with E-state index in [1.165, 1.54) is 38.5 Å². The van der Waals surface area contributed by atoms with Crippen LogP contribution < -0.4 is 10.6 Å². The summed E-state index contributed by atoms with van der Waals surface area (Å²) < 4.78 is 0. The predicted octanol–water partition coefficient (Wildman–Crippen LogP) is 3.96. The maximum Gasteiger partial charge on any atom is 0.251 e. The lowest BCUT2D eigenvalue weighted by Crippen LogP contribution is -2.25. The Morgan fingerprint density at radius 1 is 1.00 bits per heavy atom. The highest BCUT2D eigenvalue weighted by Gasteiger charge is 2.23. The summed E-state index contributed by atoms with van der Waals surface area (Å²) in [5, 5.41) is 6.50. The molecule has 0 atom stereocenters. The van der Waals surface area contributed by atoms with E-state index in [9.17, 15) is 4.79 Å². The molecule has 2 aliphatic carbocycles. The second-order valence-corrected chi connectivity index (χ2v) is 6.54. The fourth-order valence-corrected chi connectivity index (χ4v) is 3.13. The van der Waals surface area contributed by atoms with Crippen molar-refractivity contribution in [1.29, 1.82) is 0 Å². The molecule has 21 heavy (non-hydrogen) atoms. The minimum absolute atomic E-state index is 0.0613. The summed E-state index contributed by atoms with van der Waals surface area (Å²) in [7, 11) is 0. The summed E-state index contributed by atoms with van der Waals surface area (Å²) in [6.45, 7) is 1.04. The van der Waals surface area contributed by atoms with Gasteiger partial charge in [-0.15, -0.1) is 0 Å². The first-order valence-electron chi connectivity index (χ1n) is 8.46. The molecule has 0 spiro atoms. The number of nitrogens with one attached hydrogen (secondary N) is 2. The Morgan fingerprint density at radius 2 is 1.71 bits per heavy atom. The van der Waals surface area contributed by atoms with Crippen LogP contribution in [0.1, 0.15) is 61.7 Å². The molecule has 0 bridgehead atoms. The molecule has 1 aromatic rings. The van der Waals surface area contributed by atoms with Crippen LogP contribution in [0, 0.1) is 5.92 Å². The molecule has 2 fully saturated rings. The quantitative estimate of drug-likeness (QED) is 0.831. The van der Waals surface area contributed by atoms with Gasteiger partial charge in [0.15, 0.2) is 0 Å². The normalized spacial score (nSPS) is 19.2. The van der Waals surface area contributed by atoms with Crippen LogP contribution in [-0.2, 0) is 0 Å². The fourth-order valence-electron chi connectivity index (χ4n) is 3.13. The van der Waals surface area contributed by atoms with Gasteiger partial charge < -0.3 is 10.6 Å². The van der Waals surface area contributed by atoms with Gasteiger partial charge in [-0.05, 0) is 49.4 Å². The highest BCUT2D eigenvalue weighted by atomic mass is 16.1. The molecule has 0 saturated heterocycles. The number of anilines is 1. The van der Waals surface area contributed by atoms with Crippen molar-refractivity contribution in [3.63, 3.8) is 0 Å². The van der Waals surface area contributed by atoms with E-state index >= 15 is 0 Å². The van der Waals surface area contributed by atoms with E-state index in [4.69, 9.17) is 0 Å². The molecule has 0 heterocycles. The van der Waals surface area contributed by atoms with Gasteiger partial charge in [0.25, 0.3) is 5.91 Å². The third-order valence-corrected chi connectivity index (χ3v) is 4.67. The lowest BCUT2D eigenvalue weighted by Gasteiger charge is -2.21. The molecule has 0 radical (unpaired) electrons. The Bertz CT molecular complexity index is 459. The summed E-state index contributed by atoms with van der Waals surface area (Å²) in [5.74, 6) is 0.973. The van der Waals surface area contributed by atoms with E-state index in [1.807, 2.05) is 24.3 Å². The van der Waals surface area contributed by atoms with E-state index in [1.54, 1.807) is 0 Å². The van der Waals surface area contributed by atoms with Gasteiger partial charge >= 0.3 is 0 Å². The Kier molecular flexibility index (Phi) is 4.79. The van der Waals surface area contributed by atoms with Crippen molar-refractivity contribution in [2.45, 2.75) is 57.4 Å². The van der Waals surface area contributed by atoms with Crippen LogP contribution in [0.2, 0.25) is 0 Å². The Balaban J connectivity index is 1.42. The van der Waals surface area contributed by atoms with E-state index in [0.717, 1.165) is 36.6 Å². The molecule has 2 aliphatic rings. The average Bonchev–Trinajstić information content (AvgIpc) is 3.33. The van der Waals surface area contributed by atoms with Gasteiger partial charge in [-0.3, -0.25) is 4.79 Å². The third kappa shape index (κ3) is 4.48. The lowest BCUT2D eigenvalue weighted by atomic mass is 9.87. The van der Waals surface area contributed by atoms with Crippen molar-refractivity contribution < 1.29 is 4.79 Å². The summed E-state index contributed by atoms with van der Waals surface area (Å²) in [6, 6.07) is 8.29. The topological polar surface area (TPSA) is 41.1 Å². The number of hydrogen-bond donors (Lipinski definition) is 2. The molecule has 3 heteroatoms. The molecule has 114 valence electrons. The standard InChI is InChI=1S/C18H26N2O/c21-18(20-17-10-11-17)15-6-8-16(9-7-15)19-13-12-14-4-2-1-3-5-14/h6-9,14,17,19H,1-5,10-13H2,(H,20,21). The number of carbonyl (C=O) groups excluding carboxylic acids is 1. The van der Waals surface area contributed by atoms with Gasteiger partial charge in [0.05, 0.1) is 0 Å². The smallest absolute Gasteiger partial charge is 0.251 e. The Labute approximate surface area is 127 Å². The van der Waals surface area contributed by atoms with Crippen molar-refractivity contribution >= 4 is 11.6 Å². The van der Waals surface area contributed by atoms with Crippen LogP contribution in [0.5, 0.6) is 0 Å². The summed E-state index contributed by atoms with van der Waals surface area (Å²) in [6.07, 6.45) is 10.6. The first kappa shape index (κ1) is 14.4. The second-order valence-electron chi connectivity index (χ2n) is 6.54. The fraction of sp³-hybridized carbons (Fsp3) is 0.611. The van der Waals surface area contributed by atoms with Crippen molar-refractivity contribution in [3.8, 4) is 0 Å². The van der Waals surface area contributed by atoms with Crippen molar-refractivity contribution in [1.82, 2.24) is 5.32 Å². The molecule has 0 unspecified atom stereocenters. The highest BCUT2D eigenvalue weighted by molar-refractivity contribution is 5.94. The van der Waals surface area contributed by atoms with Gasteiger partial charge in [0, 0.05) is 23.8 Å². The van der Waals surface area contributed by atoms with E-state index in [0.29, 0.717) is 6.04 Å². The predicted molar refractivity (Wildman–Crippen MR) is 86.6 cm³/mol. The second kappa shape index (κ2) is 6.97. The number of hydrogen-bond acceptors (Lipinski definition) is 2. The molecular formula is C18H26N2O. The van der Waals surface area contributed by atoms with Crippen LogP contribution in [-0.4, -0.2) is 18.5 Å². The monoisotopic (exact) mass is 286 g/mol. The highest BCUT2D eigenvalue weighted by Crippen LogP contribution is 2.26. The van der Waals surface area contributed by atoms with Crippen LogP contribution >= 0.6 is 0 Å². The maximum absolute atomic E-state index is 11.9. The van der Waals surface area contributed by atoms with Crippen molar-refractivity contribution in [2.75, 3.05) is 11.9 Å². The molecule has 2 N–H and O–H groups in total. The maximum atomic E-state index is 11.9. The zero-order chi connectivity index (χ0) is 14.5. The van der Waals surface area contributed by atoms with Crippen LogP contribution in [0.3, 0.4) is 0 Å². The summed E-state index contributed by atoms with van der Waals surface area (Å²) >= 11 is 0. The summed E-state index contributed by atoms with van der Waals surface area (Å²) in [5.41, 5.74) is 1.88. The van der Waals surface area contributed by atoms with Crippen molar-refractivity contribution in [3.05, 3.63) is 29.8 Å². The minimum atomic E-state index is 0.0613. The van der Waals surface area contributed by atoms with Gasteiger partial charge in [-0.1, -0.05) is 32.1 Å². The third-order valence-electron chi connectivity index (χ3n) is 4.67. The van der Waals surface area contributed by atoms with Gasteiger partial charge in [-0.2, -0.15) is 0 Å². The molecule has 2 saturated carbocycles. The zero-order valence-corrected chi connectivity index (χ0v) is 12.7. The first-order valence-corrected chi connectivity index (χ1v) is 8.46. The van der Waals surface area contributed by atoms with E-state index < -0.39 is 0 Å². The Hall–Kier alpha value is -1.51.